The van der Waals surface area contributed by atoms with Crippen LogP contribution in [0, 0.1) is 12.2 Å². The van der Waals surface area contributed by atoms with Gasteiger partial charge in [-0.1, -0.05) is 18.2 Å². The smallest absolute Gasteiger partial charge is 0.339 e. The van der Waals surface area contributed by atoms with E-state index in [1.54, 1.807) is 18.2 Å². The maximum absolute atomic E-state index is 13.1. The zero-order valence-electron chi connectivity index (χ0n) is 15.7. The van der Waals surface area contributed by atoms with Crippen LogP contribution < -0.4 is 10.4 Å². The molecular weight excluding hydrogens is 357 g/mol. The lowest BCUT2D eigenvalue weighted by Gasteiger charge is -2.26. The molecule has 1 saturated heterocycles. The number of hydrogen-bond acceptors (Lipinski definition) is 4. The van der Waals surface area contributed by atoms with Gasteiger partial charge in [0.2, 0.25) is 0 Å². The van der Waals surface area contributed by atoms with Crippen molar-refractivity contribution < 1.29 is 13.5 Å². The van der Waals surface area contributed by atoms with E-state index in [1.807, 2.05) is 12.1 Å². The van der Waals surface area contributed by atoms with Crippen LogP contribution in [0.15, 0.2) is 57.7 Å². The molecule has 0 atom stereocenters. The molecule has 0 unspecified atom stereocenters. The van der Waals surface area contributed by atoms with Gasteiger partial charge in [0, 0.05) is 6.54 Å². The molecule has 1 radical (unpaired) electrons. The minimum Gasteiger partial charge on any atom is -0.492 e. The molecule has 1 aromatic heterocycles. The van der Waals surface area contributed by atoms with Crippen molar-refractivity contribution in [3.8, 4) is 16.9 Å². The third kappa shape index (κ3) is 4.42. The Morgan fingerprint density at radius 1 is 1.00 bits per heavy atom. The number of likely N-dealkylation sites (tertiary alicyclic amines) is 1. The van der Waals surface area contributed by atoms with Crippen molar-refractivity contribution >= 4 is 11.0 Å². The van der Waals surface area contributed by atoms with Gasteiger partial charge in [-0.3, -0.25) is 0 Å². The lowest BCUT2D eigenvalue weighted by atomic mass is 10.0. The second kappa shape index (κ2) is 8.57. The third-order valence-corrected chi connectivity index (χ3v) is 5.06. The number of hydrogen-bond donors (Lipinski definition) is 0. The highest BCUT2D eigenvalue weighted by Crippen LogP contribution is 2.29. The van der Waals surface area contributed by atoms with Gasteiger partial charge in [0.25, 0.3) is 0 Å². The fourth-order valence-corrected chi connectivity index (χ4v) is 3.57. The van der Waals surface area contributed by atoms with Crippen molar-refractivity contribution in [2.75, 3.05) is 26.2 Å². The van der Waals surface area contributed by atoms with Gasteiger partial charge in [0.15, 0.2) is 0 Å². The normalized spacial score (nSPS) is 15.0. The first-order chi connectivity index (χ1) is 13.7. The fraction of sp³-hybridized carbons (Fsp3) is 0.304. The molecule has 145 valence electrons. The molecule has 0 saturated carbocycles. The summed E-state index contributed by atoms with van der Waals surface area (Å²) in [6, 6.07) is 13.2. The van der Waals surface area contributed by atoms with E-state index < -0.39 is 5.63 Å². The lowest BCUT2D eigenvalue weighted by molar-refractivity contribution is 0.222. The summed E-state index contributed by atoms with van der Waals surface area (Å²) in [5.41, 5.74) is 1.74. The Hall–Kier alpha value is -2.66. The molecule has 4 nitrogen and oxygen atoms in total. The molecule has 0 spiro atoms. The second-order valence-corrected chi connectivity index (χ2v) is 7.06. The first-order valence-electron chi connectivity index (χ1n) is 9.70. The maximum atomic E-state index is 13.1. The minimum absolute atomic E-state index is 0.283. The van der Waals surface area contributed by atoms with Crippen LogP contribution in [-0.2, 0) is 0 Å². The molecule has 5 heteroatoms. The molecule has 0 bridgehead atoms. The number of fused-ring (bicyclic) bond motifs is 1. The molecule has 1 aliphatic rings. The molecule has 4 rings (SSSR count). The van der Waals surface area contributed by atoms with E-state index >= 15 is 0 Å². The van der Waals surface area contributed by atoms with Crippen LogP contribution >= 0.6 is 0 Å². The van der Waals surface area contributed by atoms with Gasteiger partial charge >= 0.3 is 5.63 Å². The SMILES string of the molecule is O=c1cc(OCCCN2CC[CH]CC2)c2ccc(-c3ccc(F)cc3)cc2o1. The first kappa shape index (κ1) is 18.7. The van der Waals surface area contributed by atoms with Crippen LogP contribution in [-0.4, -0.2) is 31.1 Å². The Morgan fingerprint density at radius 2 is 1.75 bits per heavy atom. The van der Waals surface area contributed by atoms with E-state index in [1.165, 1.54) is 18.2 Å². The molecule has 0 N–H and O–H groups in total. The lowest BCUT2D eigenvalue weighted by Crippen LogP contribution is -2.31. The van der Waals surface area contributed by atoms with Crippen molar-refractivity contribution in [2.45, 2.75) is 19.3 Å². The number of benzene rings is 2. The van der Waals surface area contributed by atoms with E-state index in [9.17, 15) is 9.18 Å². The molecule has 0 amide bonds. The predicted molar refractivity (Wildman–Crippen MR) is 108 cm³/mol. The molecule has 1 aliphatic heterocycles. The molecule has 2 aromatic carbocycles. The van der Waals surface area contributed by atoms with Crippen molar-refractivity contribution in [3.63, 3.8) is 0 Å². The Bertz CT molecular complexity index is 991. The van der Waals surface area contributed by atoms with Crippen molar-refractivity contribution in [1.82, 2.24) is 4.90 Å². The van der Waals surface area contributed by atoms with Crippen LogP contribution in [0.1, 0.15) is 19.3 Å². The predicted octanol–water partition coefficient (Wildman–Crippen LogP) is 4.67. The molecule has 28 heavy (non-hydrogen) atoms. The van der Waals surface area contributed by atoms with Crippen LogP contribution in [0.2, 0.25) is 0 Å². The number of ether oxygens (including phenoxy) is 1. The van der Waals surface area contributed by atoms with Crippen molar-refractivity contribution in [2.24, 2.45) is 0 Å². The zero-order valence-corrected chi connectivity index (χ0v) is 15.7. The van der Waals surface area contributed by atoms with E-state index in [0.29, 0.717) is 17.9 Å². The maximum Gasteiger partial charge on any atom is 0.339 e. The van der Waals surface area contributed by atoms with E-state index in [2.05, 4.69) is 11.3 Å². The number of halogens is 1. The topological polar surface area (TPSA) is 42.7 Å². The third-order valence-electron chi connectivity index (χ3n) is 5.06. The molecule has 1 fully saturated rings. The standard InChI is InChI=1S/C23H23FNO3/c24-19-8-5-17(6-9-19)18-7-10-20-21(16-23(26)28-22(20)15-18)27-14-4-13-25-11-2-1-3-12-25/h1,5-10,15-16H,2-4,11-14H2. The summed E-state index contributed by atoms with van der Waals surface area (Å²) in [6.07, 6.45) is 5.56. The van der Waals surface area contributed by atoms with Gasteiger partial charge < -0.3 is 14.1 Å². The molecule has 2 heterocycles. The van der Waals surface area contributed by atoms with Gasteiger partial charge in [0.1, 0.15) is 17.1 Å². The van der Waals surface area contributed by atoms with Crippen molar-refractivity contribution in [1.29, 1.82) is 0 Å². The average Bonchev–Trinajstić information content (AvgIpc) is 2.72. The average molecular weight is 380 g/mol. The van der Waals surface area contributed by atoms with Gasteiger partial charge in [-0.25, -0.2) is 9.18 Å². The second-order valence-electron chi connectivity index (χ2n) is 7.06. The van der Waals surface area contributed by atoms with Crippen LogP contribution in [0.5, 0.6) is 5.75 Å². The fourth-order valence-electron chi connectivity index (χ4n) is 3.57. The quantitative estimate of drug-likeness (QED) is 0.460. The first-order valence-corrected chi connectivity index (χ1v) is 9.70. The summed E-state index contributed by atoms with van der Waals surface area (Å²) in [6.45, 7) is 3.79. The number of piperidine rings is 1. The van der Waals surface area contributed by atoms with E-state index in [4.69, 9.17) is 9.15 Å². The molecule has 0 aliphatic carbocycles. The molecule has 3 aromatic rings. The van der Waals surface area contributed by atoms with E-state index in [-0.39, 0.29) is 5.82 Å². The summed E-state index contributed by atoms with van der Waals surface area (Å²) >= 11 is 0. The minimum atomic E-state index is -0.440. The summed E-state index contributed by atoms with van der Waals surface area (Å²) in [7, 11) is 0. The summed E-state index contributed by atoms with van der Waals surface area (Å²) in [4.78, 5) is 14.4. The van der Waals surface area contributed by atoms with Crippen molar-refractivity contribution in [3.05, 3.63) is 71.2 Å². The van der Waals surface area contributed by atoms with Crippen LogP contribution in [0.4, 0.5) is 4.39 Å². The van der Waals surface area contributed by atoms with Gasteiger partial charge in [0.05, 0.1) is 18.1 Å². The highest BCUT2D eigenvalue weighted by atomic mass is 19.1. The van der Waals surface area contributed by atoms with Gasteiger partial charge in [-0.2, -0.15) is 0 Å². The van der Waals surface area contributed by atoms with Crippen LogP contribution in [0.3, 0.4) is 0 Å². The summed E-state index contributed by atoms with van der Waals surface area (Å²) < 4.78 is 24.4. The monoisotopic (exact) mass is 380 g/mol. The number of rotatable bonds is 6. The van der Waals surface area contributed by atoms with Gasteiger partial charge in [-0.05, 0) is 74.2 Å². The van der Waals surface area contributed by atoms with E-state index in [0.717, 1.165) is 55.4 Å². The highest BCUT2D eigenvalue weighted by Gasteiger charge is 2.11. The van der Waals surface area contributed by atoms with Crippen LogP contribution in [0.25, 0.3) is 22.1 Å². The zero-order chi connectivity index (χ0) is 19.3. The Balaban J connectivity index is 1.48. The highest BCUT2D eigenvalue weighted by molar-refractivity contribution is 5.87. The Labute approximate surface area is 163 Å². The summed E-state index contributed by atoms with van der Waals surface area (Å²) in [5, 5.41) is 0.762. The summed E-state index contributed by atoms with van der Waals surface area (Å²) in [5.74, 6) is 0.262. The largest absolute Gasteiger partial charge is 0.492 e. The molecular formula is C23H23FNO3. The Morgan fingerprint density at radius 3 is 2.54 bits per heavy atom. The Kier molecular flexibility index (Phi) is 5.72. The van der Waals surface area contributed by atoms with Gasteiger partial charge in [-0.15, -0.1) is 0 Å². The number of nitrogens with zero attached hydrogens (tertiary/aromatic N) is 1.